The van der Waals surface area contributed by atoms with Gasteiger partial charge in [0.2, 0.25) is 5.88 Å². The molecule has 0 amide bonds. The SMILES string of the molecule is CCCn1cc(Oc2cc(NN)nc(C(C)C)n2)cn1. The van der Waals surface area contributed by atoms with E-state index in [9.17, 15) is 0 Å². The number of nitrogens with two attached hydrogens (primary N) is 1. The third-order valence-corrected chi connectivity index (χ3v) is 2.67. The Balaban J connectivity index is 2.20. The van der Waals surface area contributed by atoms with Crippen molar-refractivity contribution in [3.63, 3.8) is 0 Å². The Morgan fingerprint density at radius 1 is 1.40 bits per heavy atom. The first-order valence-corrected chi connectivity index (χ1v) is 6.68. The van der Waals surface area contributed by atoms with Crippen LogP contribution < -0.4 is 16.0 Å². The fraction of sp³-hybridized carbons (Fsp3) is 0.462. The van der Waals surface area contributed by atoms with E-state index in [2.05, 4.69) is 27.4 Å². The minimum atomic E-state index is 0.188. The Labute approximate surface area is 118 Å². The van der Waals surface area contributed by atoms with E-state index < -0.39 is 0 Å². The zero-order valence-corrected chi connectivity index (χ0v) is 12.0. The van der Waals surface area contributed by atoms with E-state index in [0.29, 0.717) is 23.3 Å². The molecule has 108 valence electrons. The molecule has 0 radical (unpaired) electrons. The molecular weight excluding hydrogens is 256 g/mol. The van der Waals surface area contributed by atoms with Gasteiger partial charge in [0.15, 0.2) is 5.75 Å². The number of hydrogen-bond acceptors (Lipinski definition) is 6. The van der Waals surface area contributed by atoms with Crippen molar-refractivity contribution in [1.82, 2.24) is 19.7 Å². The molecule has 7 heteroatoms. The number of hydrogen-bond donors (Lipinski definition) is 2. The Hall–Kier alpha value is -2.15. The first-order chi connectivity index (χ1) is 9.62. The molecule has 3 N–H and O–H groups in total. The molecule has 0 saturated heterocycles. The molecule has 2 rings (SSSR count). The molecule has 0 spiro atoms. The van der Waals surface area contributed by atoms with Crippen LogP contribution in [0.1, 0.15) is 38.9 Å². The van der Waals surface area contributed by atoms with Gasteiger partial charge in [-0.1, -0.05) is 20.8 Å². The Morgan fingerprint density at radius 3 is 2.85 bits per heavy atom. The number of nitrogens with zero attached hydrogens (tertiary/aromatic N) is 4. The molecule has 2 aromatic rings. The molecule has 2 aromatic heterocycles. The third-order valence-electron chi connectivity index (χ3n) is 2.67. The van der Waals surface area contributed by atoms with Gasteiger partial charge in [-0.25, -0.2) is 10.8 Å². The summed E-state index contributed by atoms with van der Waals surface area (Å²) < 4.78 is 7.54. The Kier molecular flexibility index (Phi) is 4.52. The fourth-order valence-corrected chi connectivity index (χ4v) is 1.70. The average Bonchev–Trinajstić information content (AvgIpc) is 2.86. The van der Waals surface area contributed by atoms with Crippen LogP contribution in [0.3, 0.4) is 0 Å². The summed E-state index contributed by atoms with van der Waals surface area (Å²) in [6, 6.07) is 1.66. The van der Waals surface area contributed by atoms with E-state index in [1.807, 2.05) is 24.7 Å². The number of hydrazine groups is 1. The van der Waals surface area contributed by atoms with Crippen LogP contribution in [0.2, 0.25) is 0 Å². The van der Waals surface area contributed by atoms with Crippen molar-refractivity contribution in [1.29, 1.82) is 0 Å². The van der Waals surface area contributed by atoms with E-state index >= 15 is 0 Å². The summed E-state index contributed by atoms with van der Waals surface area (Å²) in [5.74, 6) is 7.91. The molecule has 7 nitrogen and oxygen atoms in total. The van der Waals surface area contributed by atoms with Crippen molar-refractivity contribution in [3.05, 3.63) is 24.3 Å². The standard InChI is InChI=1S/C13H20N6O/c1-4-5-19-8-10(7-15-19)20-12-6-11(18-14)16-13(17-12)9(2)3/h6-9H,4-5,14H2,1-3H3,(H,16,17,18). The van der Waals surface area contributed by atoms with Crippen LogP contribution in [0.15, 0.2) is 18.5 Å². The fourth-order valence-electron chi connectivity index (χ4n) is 1.70. The van der Waals surface area contributed by atoms with Gasteiger partial charge in [-0.2, -0.15) is 10.1 Å². The summed E-state index contributed by atoms with van der Waals surface area (Å²) in [5.41, 5.74) is 2.52. The quantitative estimate of drug-likeness (QED) is 0.621. The van der Waals surface area contributed by atoms with Gasteiger partial charge < -0.3 is 10.2 Å². The van der Waals surface area contributed by atoms with Gasteiger partial charge in [0, 0.05) is 18.5 Å². The van der Waals surface area contributed by atoms with Crippen molar-refractivity contribution < 1.29 is 4.74 Å². The maximum atomic E-state index is 5.71. The lowest BCUT2D eigenvalue weighted by molar-refractivity contribution is 0.455. The van der Waals surface area contributed by atoms with Crippen molar-refractivity contribution in [2.24, 2.45) is 5.84 Å². The summed E-state index contributed by atoms with van der Waals surface area (Å²) in [5, 5.41) is 4.21. The van der Waals surface area contributed by atoms with Gasteiger partial charge in [0.05, 0.1) is 12.4 Å². The van der Waals surface area contributed by atoms with Crippen LogP contribution in [0.25, 0.3) is 0 Å². The van der Waals surface area contributed by atoms with Crippen LogP contribution in [-0.2, 0) is 6.54 Å². The average molecular weight is 276 g/mol. The highest BCUT2D eigenvalue weighted by atomic mass is 16.5. The van der Waals surface area contributed by atoms with E-state index in [0.717, 1.165) is 13.0 Å². The third kappa shape index (κ3) is 3.45. The molecule has 20 heavy (non-hydrogen) atoms. The molecule has 0 aromatic carbocycles. The van der Waals surface area contributed by atoms with Crippen LogP contribution in [0.5, 0.6) is 11.6 Å². The lowest BCUT2D eigenvalue weighted by atomic mass is 10.2. The summed E-state index contributed by atoms with van der Waals surface area (Å²) in [6.07, 6.45) is 4.53. The topological polar surface area (TPSA) is 90.9 Å². The lowest BCUT2D eigenvalue weighted by Gasteiger charge is -2.09. The van der Waals surface area contributed by atoms with Gasteiger partial charge in [0.25, 0.3) is 0 Å². The summed E-state index contributed by atoms with van der Waals surface area (Å²) >= 11 is 0. The van der Waals surface area contributed by atoms with Gasteiger partial charge >= 0.3 is 0 Å². The second-order valence-electron chi connectivity index (χ2n) is 4.79. The number of aromatic nitrogens is 4. The monoisotopic (exact) mass is 276 g/mol. The minimum Gasteiger partial charge on any atom is -0.436 e. The molecule has 0 bridgehead atoms. The highest BCUT2D eigenvalue weighted by Gasteiger charge is 2.10. The van der Waals surface area contributed by atoms with Crippen molar-refractivity contribution in [2.45, 2.75) is 39.7 Å². The molecular formula is C13H20N6O. The second-order valence-corrected chi connectivity index (χ2v) is 4.79. The van der Waals surface area contributed by atoms with E-state index in [1.165, 1.54) is 0 Å². The van der Waals surface area contributed by atoms with Gasteiger partial charge in [-0.15, -0.1) is 0 Å². The summed E-state index contributed by atoms with van der Waals surface area (Å²) in [7, 11) is 0. The molecule has 0 saturated carbocycles. The highest BCUT2D eigenvalue weighted by molar-refractivity contribution is 5.38. The number of rotatable bonds is 6. The van der Waals surface area contributed by atoms with Crippen molar-refractivity contribution >= 4 is 5.82 Å². The summed E-state index contributed by atoms with van der Waals surface area (Å²) in [6.45, 7) is 6.98. The van der Waals surface area contributed by atoms with Crippen LogP contribution in [0, 0.1) is 0 Å². The zero-order chi connectivity index (χ0) is 14.5. The maximum absolute atomic E-state index is 5.71. The number of anilines is 1. The highest BCUT2D eigenvalue weighted by Crippen LogP contribution is 2.23. The van der Waals surface area contributed by atoms with Crippen molar-refractivity contribution in [2.75, 3.05) is 5.43 Å². The smallest absolute Gasteiger partial charge is 0.224 e. The van der Waals surface area contributed by atoms with Gasteiger partial charge in [-0.05, 0) is 6.42 Å². The maximum Gasteiger partial charge on any atom is 0.224 e. The van der Waals surface area contributed by atoms with Crippen LogP contribution >= 0.6 is 0 Å². The normalized spacial score (nSPS) is 10.8. The molecule has 2 heterocycles. The number of nitrogens with one attached hydrogen (secondary N) is 1. The minimum absolute atomic E-state index is 0.188. The molecule has 0 atom stereocenters. The number of nitrogen functional groups attached to an aromatic ring is 1. The molecule has 0 aliphatic heterocycles. The largest absolute Gasteiger partial charge is 0.436 e. The zero-order valence-electron chi connectivity index (χ0n) is 12.0. The number of aryl methyl sites for hydroxylation is 1. The summed E-state index contributed by atoms with van der Waals surface area (Å²) in [4.78, 5) is 8.65. The van der Waals surface area contributed by atoms with Crippen LogP contribution in [-0.4, -0.2) is 19.7 Å². The lowest BCUT2D eigenvalue weighted by Crippen LogP contribution is -2.11. The first kappa shape index (κ1) is 14.3. The van der Waals surface area contributed by atoms with E-state index in [-0.39, 0.29) is 5.92 Å². The predicted octanol–water partition coefficient (Wildman–Crippen LogP) is 2.28. The molecule has 0 aliphatic rings. The predicted molar refractivity (Wildman–Crippen MR) is 76.5 cm³/mol. The Morgan fingerprint density at radius 2 is 2.20 bits per heavy atom. The van der Waals surface area contributed by atoms with Gasteiger partial charge in [0.1, 0.15) is 11.6 Å². The van der Waals surface area contributed by atoms with Crippen LogP contribution in [0.4, 0.5) is 5.82 Å². The molecule has 0 unspecified atom stereocenters. The van der Waals surface area contributed by atoms with Gasteiger partial charge in [-0.3, -0.25) is 4.68 Å². The second kappa shape index (κ2) is 6.33. The Bertz CT molecular complexity index is 566. The molecule has 0 aliphatic carbocycles. The van der Waals surface area contributed by atoms with E-state index in [1.54, 1.807) is 12.3 Å². The number of ether oxygens (including phenoxy) is 1. The van der Waals surface area contributed by atoms with Crippen molar-refractivity contribution in [3.8, 4) is 11.6 Å². The first-order valence-electron chi connectivity index (χ1n) is 6.68. The van der Waals surface area contributed by atoms with E-state index in [4.69, 9.17) is 10.6 Å². The molecule has 0 fully saturated rings.